The molecule has 0 aliphatic carbocycles. The molecule has 1 amide bonds. The number of aromatic nitrogens is 1. The second-order valence-electron chi connectivity index (χ2n) is 1.91. The molecule has 58 valence electrons. The molecule has 1 heterocycles. The third-order valence-corrected chi connectivity index (χ3v) is 1.80. The highest BCUT2D eigenvalue weighted by Crippen LogP contribution is 2.16. The van der Waals surface area contributed by atoms with Crippen LogP contribution in [0.4, 0.5) is 5.13 Å². The summed E-state index contributed by atoms with van der Waals surface area (Å²) in [4.78, 5) is 14.4. The molecule has 1 aromatic heterocycles. The van der Waals surface area contributed by atoms with Crippen LogP contribution < -0.4 is 11.5 Å². The van der Waals surface area contributed by atoms with Crippen molar-refractivity contribution in [1.82, 2.24) is 4.98 Å². The normalized spacial score (nSPS) is 9.45. The summed E-state index contributed by atoms with van der Waals surface area (Å²) in [6, 6.07) is 0. The number of primary amides is 1. The van der Waals surface area contributed by atoms with Crippen molar-refractivity contribution >= 4 is 27.9 Å². The molecule has 5 heteroatoms. The van der Waals surface area contributed by atoms with Crippen LogP contribution in [-0.2, 0) is 4.79 Å². The van der Waals surface area contributed by atoms with Crippen molar-refractivity contribution in [3.63, 3.8) is 0 Å². The maximum Gasteiger partial charge on any atom is 0.250 e. The van der Waals surface area contributed by atoms with E-state index in [2.05, 4.69) is 11.6 Å². The van der Waals surface area contributed by atoms with Gasteiger partial charge in [0.05, 0.1) is 11.3 Å². The van der Waals surface area contributed by atoms with Gasteiger partial charge in [-0.1, -0.05) is 6.58 Å². The summed E-state index contributed by atoms with van der Waals surface area (Å²) in [7, 11) is 0. The Labute approximate surface area is 67.5 Å². The molecular weight excluding hydrogens is 162 g/mol. The summed E-state index contributed by atoms with van der Waals surface area (Å²) in [5, 5.41) is 2.05. The smallest absolute Gasteiger partial charge is 0.250 e. The van der Waals surface area contributed by atoms with E-state index < -0.39 is 5.91 Å². The van der Waals surface area contributed by atoms with Crippen molar-refractivity contribution < 1.29 is 4.79 Å². The second-order valence-corrected chi connectivity index (χ2v) is 2.80. The van der Waals surface area contributed by atoms with Crippen LogP contribution >= 0.6 is 11.3 Å². The van der Waals surface area contributed by atoms with Gasteiger partial charge in [-0.3, -0.25) is 4.79 Å². The molecule has 0 aliphatic heterocycles. The Bertz CT molecular complexity index is 305. The molecule has 0 aliphatic rings. The highest BCUT2D eigenvalue weighted by molar-refractivity contribution is 7.13. The Morgan fingerprint density at radius 3 is 2.73 bits per heavy atom. The first-order chi connectivity index (χ1) is 5.11. The number of rotatable bonds is 2. The molecule has 1 aromatic rings. The van der Waals surface area contributed by atoms with E-state index in [-0.39, 0.29) is 5.57 Å². The molecule has 0 unspecified atom stereocenters. The first-order valence-corrected chi connectivity index (χ1v) is 3.69. The van der Waals surface area contributed by atoms with Gasteiger partial charge in [0.15, 0.2) is 5.13 Å². The summed E-state index contributed by atoms with van der Waals surface area (Å²) in [6.07, 6.45) is 0. The molecule has 11 heavy (non-hydrogen) atoms. The lowest BCUT2D eigenvalue weighted by Crippen LogP contribution is -2.12. The second kappa shape index (κ2) is 2.71. The topological polar surface area (TPSA) is 82.0 Å². The Hall–Kier alpha value is -1.36. The van der Waals surface area contributed by atoms with Crippen molar-refractivity contribution in [3.8, 4) is 0 Å². The zero-order chi connectivity index (χ0) is 8.43. The zero-order valence-electron chi connectivity index (χ0n) is 5.70. The number of nitrogen functional groups attached to an aromatic ring is 1. The number of hydrogen-bond acceptors (Lipinski definition) is 4. The molecular formula is C6H7N3OS. The van der Waals surface area contributed by atoms with Crippen LogP contribution in [0.15, 0.2) is 12.0 Å². The van der Waals surface area contributed by atoms with Gasteiger partial charge in [-0.2, -0.15) is 0 Å². The van der Waals surface area contributed by atoms with Gasteiger partial charge >= 0.3 is 0 Å². The third-order valence-electron chi connectivity index (χ3n) is 1.13. The van der Waals surface area contributed by atoms with Crippen molar-refractivity contribution in [2.45, 2.75) is 0 Å². The van der Waals surface area contributed by atoms with Crippen LogP contribution in [0.1, 0.15) is 5.69 Å². The fraction of sp³-hybridized carbons (Fsp3) is 0. The number of thiazole rings is 1. The number of carbonyl (C=O) groups excluding carboxylic acids is 1. The van der Waals surface area contributed by atoms with E-state index in [1.807, 2.05) is 0 Å². The van der Waals surface area contributed by atoms with E-state index in [9.17, 15) is 4.79 Å². The molecule has 0 saturated carbocycles. The van der Waals surface area contributed by atoms with Gasteiger partial charge < -0.3 is 11.5 Å². The van der Waals surface area contributed by atoms with Gasteiger partial charge in [0.2, 0.25) is 5.91 Å². The number of nitrogens with zero attached hydrogens (tertiary/aromatic N) is 1. The maximum absolute atomic E-state index is 10.6. The minimum absolute atomic E-state index is 0.193. The summed E-state index contributed by atoms with van der Waals surface area (Å²) < 4.78 is 0. The highest BCUT2D eigenvalue weighted by Gasteiger charge is 2.07. The standard InChI is InChI=1S/C6H7N3OS/c1-3(5(7)10)4-2-11-6(8)9-4/h2H,1H2,(H2,7,10)(H2,8,9). The van der Waals surface area contributed by atoms with Gasteiger partial charge in [0, 0.05) is 5.38 Å². The summed E-state index contributed by atoms with van der Waals surface area (Å²) >= 11 is 1.25. The predicted molar refractivity (Wildman–Crippen MR) is 44.8 cm³/mol. The predicted octanol–water partition coefficient (Wildman–Crippen LogP) is 0.224. The van der Waals surface area contributed by atoms with E-state index >= 15 is 0 Å². The summed E-state index contributed by atoms with van der Waals surface area (Å²) in [5.74, 6) is -0.574. The number of hydrogen-bond donors (Lipinski definition) is 2. The molecule has 4 N–H and O–H groups in total. The number of anilines is 1. The van der Waals surface area contributed by atoms with Crippen molar-refractivity contribution in [1.29, 1.82) is 0 Å². The molecule has 0 spiro atoms. The van der Waals surface area contributed by atoms with Crippen LogP contribution in [0.2, 0.25) is 0 Å². The molecule has 1 rings (SSSR count). The quantitative estimate of drug-likeness (QED) is 0.621. The number of carbonyl (C=O) groups is 1. The molecule has 0 radical (unpaired) electrons. The Balaban J connectivity index is 2.94. The van der Waals surface area contributed by atoms with Crippen molar-refractivity contribution in [2.75, 3.05) is 5.73 Å². The number of nitrogens with two attached hydrogens (primary N) is 2. The Kier molecular flexibility index (Phi) is 1.91. The molecule has 0 fully saturated rings. The van der Waals surface area contributed by atoms with Gasteiger partial charge in [0.25, 0.3) is 0 Å². The SMILES string of the molecule is C=C(C(N)=O)c1csc(N)n1. The largest absolute Gasteiger partial charge is 0.375 e. The Morgan fingerprint density at radius 2 is 2.36 bits per heavy atom. The minimum atomic E-state index is -0.574. The van der Waals surface area contributed by atoms with Gasteiger partial charge in [-0.05, 0) is 0 Å². The molecule has 4 nitrogen and oxygen atoms in total. The highest BCUT2D eigenvalue weighted by atomic mass is 32.1. The molecule has 0 saturated heterocycles. The average Bonchev–Trinajstić information content (AvgIpc) is 2.34. The van der Waals surface area contributed by atoms with Gasteiger partial charge in [-0.25, -0.2) is 4.98 Å². The molecule has 0 atom stereocenters. The monoisotopic (exact) mass is 169 g/mol. The maximum atomic E-state index is 10.6. The Morgan fingerprint density at radius 1 is 1.73 bits per heavy atom. The fourth-order valence-corrected chi connectivity index (χ4v) is 1.13. The van der Waals surface area contributed by atoms with Crippen LogP contribution in [-0.4, -0.2) is 10.9 Å². The average molecular weight is 169 g/mol. The first-order valence-electron chi connectivity index (χ1n) is 2.81. The van der Waals surface area contributed by atoms with Crippen LogP contribution in [0.25, 0.3) is 5.57 Å². The number of amides is 1. The summed E-state index contributed by atoms with van der Waals surface area (Å²) in [6.45, 7) is 3.45. The molecule has 0 aromatic carbocycles. The van der Waals surface area contributed by atoms with Crippen LogP contribution in [0.5, 0.6) is 0 Å². The van der Waals surface area contributed by atoms with Crippen LogP contribution in [0.3, 0.4) is 0 Å². The van der Waals surface area contributed by atoms with Gasteiger partial charge in [0.1, 0.15) is 0 Å². The lowest BCUT2D eigenvalue weighted by Gasteiger charge is -1.92. The lowest BCUT2D eigenvalue weighted by atomic mass is 10.2. The van der Waals surface area contributed by atoms with Crippen molar-refractivity contribution in [2.24, 2.45) is 5.73 Å². The first kappa shape index (κ1) is 7.74. The van der Waals surface area contributed by atoms with E-state index in [1.54, 1.807) is 5.38 Å². The van der Waals surface area contributed by atoms with Crippen molar-refractivity contribution in [3.05, 3.63) is 17.7 Å². The van der Waals surface area contributed by atoms with Crippen LogP contribution in [0, 0.1) is 0 Å². The van der Waals surface area contributed by atoms with E-state index in [4.69, 9.17) is 11.5 Å². The van der Waals surface area contributed by atoms with E-state index in [1.165, 1.54) is 11.3 Å². The van der Waals surface area contributed by atoms with E-state index in [0.29, 0.717) is 10.8 Å². The molecule has 0 bridgehead atoms. The summed E-state index contributed by atoms with van der Waals surface area (Å²) in [5.41, 5.74) is 10.9. The minimum Gasteiger partial charge on any atom is -0.375 e. The zero-order valence-corrected chi connectivity index (χ0v) is 6.52. The fourth-order valence-electron chi connectivity index (χ4n) is 0.552. The third kappa shape index (κ3) is 1.56. The van der Waals surface area contributed by atoms with Gasteiger partial charge in [-0.15, -0.1) is 11.3 Å². The van der Waals surface area contributed by atoms with E-state index in [0.717, 1.165) is 0 Å². The lowest BCUT2D eigenvalue weighted by molar-refractivity contribution is -0.112.